The van der Waals surface area contributed by atoms with Crippen LogP contribution >= 0.6 is 0 Å². The van der Waals surface area contributed by atoms with Gasteiger partial charge in [-0.25, -0.2) is 0 Å². The van der Waals surface area contributed by atoms with E-state index in [1.807, 2.05) is 59.9 Å². The molecule has 1 saturated heterocycles. The highest BCUT2D eigenvalue weighted by Crippen LogP contribution is 2.39. The molecule has 0 radical (unpaired) electrons. The van der Waals surface area contributed by atoms with Crippen molar-refractivity contribution in [2.75, 3.05) is 13.6 Å². The van der Waals surface area contributed by atoms with E-state index < -0.39 is 7.12 Å². The van der Waals surface area contributed by atoms with E-state index in [0.29, 0.717) is 6.54 Å². The first kappa shape index (κ1) is 17.1. The smallest absolute Gasteiger partial charge is 0.491 e. The number of aryl methyl sites for hydroxylation is 1. The quantitative estimate of drug-likeness (QED) is 0.840. The summed E-state index contributed by atoms with van der Waals surface area (Å²) >= 11 is 0. The molecule has 1 aromatic rings. The molecule has 0 unspecified atom stereocenters. The lowest BCUT2D eigenvalue weighted by Crippen LogP contribution is -2.41. The minimum absolute atomic E-state index is 0.269. The normalized spacial score (nSPS) is 20.5. The molecule has 22 heavy (non-hydrogen) atoms. The first-order valence-electron chi connectivity index (χ1n) is 7.66. The minimum atomic E-state index is -0.418. The molecule has 0 amide bonds. The monoisotopic (exact) mass is 303 g/mol. The molecule has 1 fully saturated rings. The van der Waals surface area contributed by atoms with E-state index in [0.717, 1.165) is 16.6 Å². The summed E-state index contributed by atoms with van der Waals surface area (Å²) < 4.78 is 12.2. The molecule has 2 rings (SSSR count). The van der Waals surface area contributed by atoms with Crippen LogP contribution in [0.2, 0.25) is 0 Å². The molecule has 0 saturated carbocycles. The molecule has 1 heterocycles. The Bertz CT molecular complexity index is 565. The van der Waals surface area contributed by atoms with Crippen LogP contribution in [0.3, 0.4) is 0 Å². The predicted molar refractivity (Wildman–Crippen MR) is 90.8 cm³/mol. The first-order valence-corrected chi connectivity index (χ1v) is 7.66. The summed E-state index contributed by atoms with van der Waals surface area (Å²) in [5.74, 6) is 0.269. The summed E-state index contributed by atoms with van der Waals surface area (Å²) in [6.07, 6.45) is 1.94. The second-order valence-electron chi connectivity index (χ2n) is 6.90. The fraction of sp³-hybridized carbons (Fsp3) is 0.529. The maximum absolute atomic E-state index is 10.1. The molecule has 1 aromatic carbocycles. The highest BCUT2D eigenvalue weighted by atomic mass is 16.7. The predicted octanol–water partition coefficient (Wildman–Crippen LogP) is 2.93. The van der Waals surface area contributed by atoms with Gasteiger partial charge in [0.1, 0.15) is 5.75 Å². The van der Waals surface area contributed by atoms with Crippen LogP contribution in [0.1, 0.15) is 38.8 Å². The van der Waals surface area contributed by atoms with Gasteiger partial charge in [-0.2, -0.15) is 0 Å². The fourth-order valence-electron chi connectivity index (χ4n) is 2.38. The van der Waals surface area contributed by atoms with Crippen molar-refractivity contribution in [1.82, 2.24) is 5.32 Å². The molecule has 0 spiro atoms. The van der Waals surface area contributed by atoms with Crippen LogP contribution in [0.4, 0.5) is 0 Å². The summed E-state index contributed by atoms with van der Waals surface area (Å²) in [6.45, 7) is 10.7. The van der Waals surface area contributed by atoms with Crippen molar-refractivity contribution in [3.63, 3.8) is 0 Å². The Labute approximate surface area is 133 Å². The summed E-state index contributed by atoms with van der Waals surface area (Å²) in [5.41, 5.74) is 2.01. The number of hydrogen-bond acceptors (Lipinski definition) is 4. The number of benzene rings is 1. The van der Waals surface area contributed by atoms with E-state index in [4.69, 9.17) is 9.31 Å². The van der Waals surface area contributed by atoms with Gasteiger partial charge < -0.3 is 19.7 Å². The van der Waals surface area contributed by atoms with Crippen molar-refractivity contribution in [1.29, 1.82) is 0 Å². The summed E-state index contributed by atoms with van der Waals surface area (Å²) in [7, 11) is 1.46. The third kappa shape index (κ3) is 3.37. The summed E-state index contributed by atoms with van der Waals surface area (Å²) in [4.78, 5) is 0. The second kappa shape index (κ2) is 6.07. The maximum atomic E-state index is 10.1. The van der Waals surface area contributed by atoms with Crippen molar-refractivity contribution in [3.05, 3.63) is 34.8 Å². The molecule has 0 aliphatic carbocycles. The molecular formula is C17H26BNO3. The molecule has 1 aliphatic rings. The van der Waals surface area contributed by atoms with Gasteiger partial charge in [0, 0.05) is 12.1 Å². The van der Waals surface area contributed by atoms with E-state index >= 15 is 0 Å². The van der Waals surface area contributed by atoms with E-state index in [-0.39, 0.29) is 17.0 Å². The number of aromatic hydroxyl groups is 1. The molecule has 2 N–H and O–H groups in total. The van der Waals surface area contributed by atoms with Crippen LogP contribution < -0.4 is 5.32 Å². The highest BCUT2D eigenvalue weighted by Gasteiger charge is 2.52. The first-order chi connectivity index (χ1) is 10.2. The van der Waals surface area contributed by atoms with Crippen LogP contribution in [-0.4, -0.2) is 37.0 Å². The Balaban J connectivity index is 2.33. The Hall–Kier alpha value is -1.30. The van der Waals surface area contributed by atoms with Gasteiger partial charge in [0.15, 0.2) is 0 Å². The topological polar surface area (TPSA) is 50.7 Å². The van der Waals surface area contributed by atoms with E-state index in [2.05, 4.69) is 5.32 Å². The van der Waals surface area contributed by atoms with Gasteiger partial charge in [-0.15, -0.1) is 0 Å². The zero-order valence-corrected chi connectivity index (χ0v) is 14.4. The van der Waals surface area contributed by atoms with Gasteiger partial charge in [-0.05, 0) is 58.8 Å². The van der Waals surface area contributed by atoms with Crippen molar-refractivity contribution in [2.45, 2.75) is 45.8 Å². The van der Waals surface area contributed by atoms with E-state index in [9.17, 15) is 5.11 Å². The minimum Gasteiger partial charge on any atom is -0.507 e. The number of likely N-dealkylation sites (N-methyl/N-ethyl adjacent to an activating group) is 1. The average molecular weight is 303 g/mol. The fourth-order valence-corrected chi connectivity index (χ4v) is 2.38. The van der Waals surface area contributed by atoms with Crippen molar-refractivity contribution < 1.29 is 14.4 Å². The molecule has 1 aliphatic heterocycles. The van der Waals surface area contributed by atoms with Crippen molar-refractivity contribution in [3.8, 4) is 5.75 Å². The lowest BCUT2D eigenvalue weighted by Gasteiger charge is -2.32. The third-order valence-corrected chi connectivity index (χ3v) is 4.46. The number of phenolic OH excluding ortho intramolecular Hbond substituents is 1. The Morgan fingerprint density at radius 3 is 2.32 bits per heavy atom. The number of rotatable bonds is 4. The highest BCUT2D eigenvalue weighted by molar-refractivity contribution is 6.56. The van der Waals surface area contributed by atoms with Crippen LogP contribution in [0.15, 0.2) is 23.7 Å². The zero-order valence-electron chi connectivity index (χ0n) is 14.4. The van der Waals surface area contributed by atoms with Gasteiger partial charge in [-0.1, -0.05) is 18.2 Å². The molecule has 5 heteroatoms. The maximum Gasteiger partial charge on any atom is 0.491 e. The molecule has 0 aromatic heterocycles. The third-order valence-electron chi connectivity index (χ3n) is 4.46. The van der Waals surface area contributed by atoms with Gasteiger partial charge in [0.05, 0.1) is 11.2 Å². The molecular weight excluding hydrogens is 277 g/mol. The van der Waals surface area contributed by atoms with Crippen LogP contribution in [0, 0.1) is 6.92 Å². The van der Waals surface area contributed by atoms with Crippen LogP contribution in [0.25, 0.3) is 6.08 Å². The molecule has 120 valence electrons. The number of nitrogens with one attached hydrogen (secondary N) is 1. The van der Waals surface area contributed by atoms with Gasteiger partial charge in [-0.3, -0.25) is 0 Å². The average Bonchev–Trinajstić information content (AvgIpc) is 2.61. The number of hydrogen-bond donors (Lipinski definition) is 2. The van der Waals surface area contributed by atoms with E-state index in [1.54, 1.807) is 6.07 Å². The second-order valence-corrected chi connectivity index (χ2v) is 6.90. The van der Waals surface area contributed by atoms with Gasteiger partial charge in [0.25, 0.3) is 0 Å². The standard InChI is InChI=1S/C17H26BNO3/c1-12-7-8-13(15(20)9-12)10-14(11-19-6)18-21-16(2,3)17(4,5)22-18/h7-10,19-20H,11H2,1-6H3. The van der Waals surface area contributed by atoms with Crippen LogP contribution in [0.5, 0.6) is 5.75 Å². The Morgan fingerprint density at radius 2 is 1.82 bits per heavy atom. The SMILES string of the molecule is CNCC(=Cc1ccc(C)cc1O)B1OC(C)(C)C(C)(C)O1. The molecule has 0 atom stereocenters. The van der Waals surface area contributed by atoms with Crippen molar-refractivity contribution >= 4 is 13.2 Å². The molecule has 4 nitrogen and oxygen atoms in total. The summed E-state index contributed by atoms with van der Waals surface area (Å²) in [6, 6.07) is 5.64. The van der Waals surface area contributed by atoms with E-state index in [1.165, 1.54) is 0 Å². The van der Waals surface area contributed by atoms with Gasteiger partial charge >= 0.3 is 7.12 Å². The lowest BCUT2D eigenvalue weighted by atomic mass is 9.77. The van der Waals surface area contributed by atoms with Crippen LogP contribution in [-0.2, 0) is 9.31 Å². The number of phenols is 1. The zero-order chi connectivity index (χ0) is 16.5. The van der Waals surface area contributed by atoms with Crippen molar-refractivity contribution in [2.24, 2.45) is 0 Å². The Morgan fingerprint density at radius 1 is 1.23 bits per heavy atom. The lowest BCUT2D eigenvalue weighted by molar-refractivity contribution is 0.00578. The molecule has 0 bridgehead atoms. The van der Waals surface area contributed by atoms with Gasteiger partial charge in [0.2, 0.25) is 0 Å². The Kier molecular flexibility index (Phi) is 4.71. The largest absolute Gasteiger partial charge is 0.507 e. The summed E-state index contributed by atoms with van der Waals surface area (Å²) in [5, 5.41) is 13.3.